The number of anilines is 1. The number of ether oxygens (including phenoxy) is 1. The van der Waals surface area contributed by atoms with Crippen molar-refractivity contribution in [3.63, 3.8) is 0 Å². The summed E-state index contributed by atoms with van der Waals surface area (Å²) in [6.45, 7) is 6.74. The van der Waals surface area contributed by atoms with Crippen LogP contribution < -0.4 is 15.4 Å². The molecule has 2 N–H and O–H groups in total. The summed E-state index contributed by atoms with van der Waals surface area (Å²) in [6, 6.07) is 14.5. The number of carbonyl (C=O) groups excluding carboxylic acids is 2. The Morgan fingerprint density at radius 2 is 1.80 bits per heavy atom. The largest absolute Gasteiger partial charge is 0.493 e. The summed E-state index contributed by atoms with van der Waals surface area (Å²) in [5.41, 5.74) is 2.10. The molecule has 0 radical (unpaired) electrons. The summed E-state index contributed by atoms with van der Waals surface area (Å²) in [7, 11) is 0. The number of carbonyl (C=O) groups is 2. The number of amides is 2. The van der Waals surface area contributed by atoms with Crippen LogP contribution in [0.25, 0.3) is 0 Å². The van der Waals surface area contributed by atoms with E-state index in [-0.39, 0.29) is 11.8 Å². The van der Waals surface area contributed by atoms with Crippen LogP contribution in [0.1, 0.15) is 36.7 Å². The second-order valence-electron chi connectivity index (χ2n) is 6.29. The molecular weight excluding hydrogens is 316 g/mol. The topological polar surface area (TPSA) is 67.4 Å². The second-order valence-corrected chi connectivity index (χ2v) is 6.29. The van der Waals surface area contributed by atoms with E-state index in [1.807, 2.05) is 24.3 Å². The van der Waals surface area contributed by atoms with Crippen molar-refractivity contribution in [2.75, 3.05) is 11.9 Å². The van der Waals surface area contributed by atoms with Crippen LogP contribution in [-0.4, -0.2) is 18.4 Å². The van der Waals surface area contributed by atoms with E-state index in [0.29, 0.717) is 30.3 Å². The van der Waals surface area contributed by atoms with E-state index in [4.69, 9.17) is 4.74 Å². The van der Waals surface area contributed by atoms with Crippen molar-refractivity contribution in [3.8, 4) is 5.75 Å². The molecule has 0 fully saturated rings. The maximum absolute atomic E-state index is 12.3. The third-order valence-electron chi connectivity index (χ3n) is 3.40. The SMILES string of the molecule is CC(=O)Nc1cccc(C(=O)NCc2ccc(OCC(C)C)cc2)c1. The molecule has 0 aliphatic heterocycles. The van der Waals surface area contributed by atoms with Gasteiger partial charge < -0.3 is 15.4 Å². The molecule has 2 amide bonds. The zero-order chi connectivity index (χ0) is 18.2. The van der Waals surface area contributed by atoms with Gasteiger partial charge in [0.25, 0.3) is 5.91 Å². The number of rotatable bonds is 7. The Balaban J connectivity index is 1.90. The number of hydrogen-bond donors (Lipinski definition) is 2. The van der Waals surface area contributed by atoms with Gasteiger partial charge >= 0.3 is 0 Å². The fourth-order valence-corrected chi connectivity index (χ4v) is 2.19. The third kappa shape index (κ3) is 6.30. The molecule has 5 heteroatoms. The van der Waals surface area contributed by atoms with Gasteiger partial charge in [0.05, 0.1) is 6.61 Å². The number of benzene rings is 2. The molecule has 0 aliphatic rings. The predicted octanol–water partition coefficient (Wildman–Crippen LogP) is 3.61. The van der Waals surface area contributed by atoms with Crippen molar-refractivity contribution < 1.29 is 14.3 Å². The van der Waals surface area contributed by atoms with Crippen molar-refractivity contribution in [1.29, 1.82) is 0 Å². The molecule has 2 aromatic rings. The maximum Gasteiger partial charge on any atom is 0.251 e. The third-order valence-corrected chi connectivity index (χ3v) is 3.40. The second kappa shape index (κ2) is 8.87. The van der Waals surface area contributed by atoms with Crippen LogP contribution in [0.15, 0.2) is 48.5 Å². The monoisotopic (exact) mass is 340 g/mol. The zero-order valence-corrected chi connectivity index (χ0v) is 14.8. The van der Waals surface area contributed by atoms with Crippen molar-refractivity contribution in [2.24, 2.45) is 5.92 Å². The minimum Gasteiger partial charge on any atom is -0.493 e. The van der Waals surface area contributed by atoms with Gasteiger partial charge in [-0.25, -0.2) is 0 Å². The Bertz CT molecular complexity index is 724. The van der Waals surface area contributed by atoms with Gasteiger partial charge in [-0.3, -0.25) is 9.59 Å². The lowest BCUT2D eigenvalue weighted by Gasteiger charge is -2.10. The minimum absolute atomic E-state index is 0.169. The summed E-state index contributed by atoms with van der Waals surface area (Å²) in [5, 5.41) is 5.54. The molecule has 0 bridgehead atoms. The number of nitrogens with one attached hydrogen (secondary N) is 2. The fraction of sp³-hybridized carbons (Fsp3) is 0.300. The first-order valence-corrected chi connectivity index (χ1v) is 8.31. The molecule has 25 heavy (non-hydrogen) atoms. The van der Waals surface area contributed by atoms with Crippen LogP contribution in [0.5, 0.6) is 5.75 Å². The molecule has 2 aromatic carbocycles. The lowest BCUT2D eigenvalue weighted by atomic mass is 10.1. The molecule has 0 aromatic heterocycles. The molecule has 0 saturated carbocycles. The zero-order valence-electron chi connectivity index (χ0n) is 14.8. The highest BCUT2D eigenvalue weighted by Crippen LogP contribution is 2.14. The van der Waals surface area contributed by atoms with Crippen molar-refractivity contribution >= 4 is 17.5 Å². The Kier molecular flexibility index (Phi) is 6.57. The summed E-state index contributed by atoms with van der Waals surface area (Å²) in [5.74, 6) is 0.948. The van der Waals surface area contributed by atoms with Gasteiger partial charge in [-0.15, -0.1) is 0 Å². The summed E-state index contributed by atoms with van der Waals surface area (Å²) < 4.78 is 5.64. The van der Waals surface area contributed by atoms with E-state index in [2.05, 4.69) is 24.5 Å². The molecule has 2 rings (SSSR count). The first kappa shape index (κ1) is 18.5. The van der Waals surface area contributed by atoms with Crippen LogP contribution in [0.2, 0.25) is 0 Å². The van der Waals surface area contributed by atoms with Crippen LogP contribution in [-0.2, 0) is 11.3 Å². The average molecular weight is 340 g/mol. The Labute approximate surface area is 148 Å². The average Bonchev–Trinajstić information content (AvgIpc) is 2.58. The quantitative estimate of drug-likeness (QED) is 0.809. The summed E-state index contributed by atoms with van der Waals surface area (Å²) in [4.78, 5) is 23.3. The van der Waals surface area contributed by atoms with Crippen LogP contribution >= 0.6 is 0 Å². The smallest absolute Gasteiger partial charge is 0.251 e. The van der Waals surface area contributed by atoms with E-state index in [1.165, 1.54) is 6.92 Å². The standard InChI is InChI=1S/C20H24N2O3/c1-14(2)13-25-19-9-7-16(8-10-19)12-21-20(24)17-5-4-6-18(11-17)22-15(3)23/h4-11,14H,12-13H2,1-3H3,(H,21,24)(H,22,23). The first-order chi connectivity index (χ1) is 11.9. The van der Waals surface area contributed by atoms with Crippen LogP contribution in [0.3, 0.4) is 0 Å². The van der Waals surface area contributed by atoms with E-state index in [1.54, 1.807) is 24.3 Å². The first-order valence-electron chi connectivity index (χ1n) is 8.31. The Morgan fingerprint density at radius 3 is 2.44 bits per heavy atom. The molecule has 0 atom stereocenters. The van der Waals surface area contributed by atoms with Crippen molar-refractivity contribution in [1.82, 2.24) is 5.32 Å². The van der Waals surface area contributed by atoms with Gasteiger partial charge in [0.2, 0.25) is 5.91 Å². The van der Waals surface area contributed by atoms with E-state index in [9.17, 15) is 9.59 Å². The van der Waals surface area contributed by atoms with E-state index < -0.39 is 0 Å². The predicted molar refractivity (Wildman–Crippen MR) is 98.7 cm³/mol. The molecule has 132 valence electrons. The molecule has 5 nitrogen and oxygen atoms in total. The highest BCUT2D eigenvalue weighted by molar-refractivity contribution is 5.96. The Morgan fingerprint density at radius 1 is 1.08 bits per heavy atom. The molecule has 0 saturated heterocycles. The maximum atomic E-state index is 12.3. The van der Waals surface area contributed by atoms with Crippen LogP contribution in [0.4, 0.5) is 5.69 Å². The van der Waals surface area contributed by atoms with Gasteiger partial charge in [-0.2, -0.15) is 0 Å². The van der Waals surface area contributed by atoms with E-state index >= 15 is 0 Å². The van der Waals surface area contributed by atoms with E-state index in [0.717, 1.165) is 11.3 Å². The molecule has 0 heterocycles. The minimum atomic E-state index is -0.188. The lowest BCUT2D eigenvalue weighted by molar-refractivity contribution is -0.114. The fourth-order valence-electron chi connectivity index (χ4n) is 2.19. The lowest BCUT2D eigenvalue weighted by Crippen LogP contribution is -2.23. The van der Waals surface area contributed by atoms with Crippen molar-refractivity contribution in [3.05, 3.63) is 59.7 Å². The molecule has 0 unspecified atom stereocenters. The summed E-state index contributed by atoms with van der Waals surface area (Å²) in [6.07, 6.45) is 0. The number of hydrogen-bond acceptors (Lipinski definition) is 3. The molecule has 0 spiro atoms. The van der Waals surface area contributed by atoms with Gasteiger partial charge in [-0.1, -0.05) is 32.0 Å². The Hall–Kier alpha value is -2.82. The molecule has 0 aliphatic carbocycles. The van der Waals surface area contributed by atoms with Gasteiger partial charge in [0.15, 0.2) is 0 Å². The van der Waals surface area contributed by atoms with Gasteiger partial charge in [0.1, 0.15) is 5.75 Å². The van der Waals surface area contributed by atoms with Crippen molar-refractivity contribution in [2.45, 2.75) is 27.3 Å². The van der Waals surface area contributed by atoms with Crippen LogP contribution in [0, 0.1) is 5.92 Å². The highest BCUT2D eigenvalue weighted by atomic mass is 16.5. The molecular formula is C20H24N2O3. The highest BCUT2D eigenvalue weighted by Gasteiger charge is 2.07. The summed E-state index contributed by atoms with van der Waals surface area (Å²) >= 11 is 0. The van der Waals surface area contributed by atoms with Gasteiger partial charge in [-0.05, 0) is 41.8 Å². The van der Waals surface area contributed by atoms with Gasteiger partial charge in [0, 0.05) is 24.7 Å². The normalized spacial score (nSPS) is 10.4.